The topological polar surface area (TPSA) is 0 Å². The molecule has 0 amide bonds. The molecule has 0 N–H and O–H groups in total. The third-order valence-electron chi connectivity index (χ3n) is 4.84. The molecule has 31 heavy (non-hydrogen) atoms. The van der Waals surface area contributed by atoms with Crippen molar-refractivity contribution in [2.45, 2.75) is 113 Å². The number of alkyl halides is 13. The van der Waals surface area contributed by atoms with Gasteiger partial charge in [0.25, 0.3) is 0 Å². The molecule has 0 saturated carbocycles. The van der Waals surface area contributed by atoms with Gasteiger partial charge in [-0.1, -0.05) is 64.7 Å². The third kappa shape index (κ3) is 6.55. The maximum Gasteiger partial charge on any atom is 0.460 e. The summed E-state index contributed by atoms with van der Waals surface area (Å²) in [4.78, 5) is 0. The Morgan fingerprint density at radius 1 is 0.387 bits per heavy atom. The quantitative estimate of drug-likeness (QED) is 0.159. The van der Waals surface area contributed by atoms with Crippen LogP contribution in [0.4, 0.5) is 57.1 Å². The lowest BCUT2D eigenvalue weighted by Crippen LogP contribution is -2.70. The van der Waals surface area contributed by atoms with Crippen LogP contribution in [0, 0.1) is 0 Å². The molecule has 0 fully saturated rings. The van der Waals surface area contributed by atoms with Gasteiger partial charge in [-0.15, -0.1) is 0 Å². The van der Waals surface area contributed by atoms with Crippen molar-refractivity contribution < 1.29 is 57.1 Å². The van der Waals surface area contributed by atoms with Crippen molar-refractivity contribution in [3.63, 3.8) is 0 Å². The number of rotatable bonds is 15. The molecular formula is C18H25F13. The Morgan fingerprint density at radius 3 is 1.06 bits per heavy atom. The van der Waals surface area contributed by atoms with Gasteiger partial charge in [0.2, 0.25) is 0 Å². The molecule has 0 unspecified atom stereocenters. The molecule has 0 aliphatic rings. The summed E-state index contributed by atoms with van der Waals surface area (Å²) in [5.41, 5.74) is 0. The van der Waals surface area contributed by atoms with Crippen molar-refractivity contribution in [2.75, 3.05) is 0 Å². The zero-order chi connectivity index (χ0) is 24.8. The van der Waals surface area contributed by atoms with Crippen LogP contribution in [-0.4, -0.2) is 35.8 Å². The van der Waals surface area contributed by atoms with Gasteiger partial charge in [-0.2, -0.15) is 57.1 Å². The zero-order valence-electron chi connectivity index (χ0n) is 16.7. The van der Waals surface area contributed by atoms with Gasteiger partial charge in [-0.05, 0) is 6.42 Å². The normalized spacial score (nSPS) is 14.9. The molecule has 13 heteroatoms. The van der Waals surface area contributed by atoms with Crippen LogP contribution < -0.4 is 0 Å². The maximum absolute atomic E-state index is 13.6. The van der Waals surface area contributed by atoms with Crippen LogP contribution in [0.15, 0.2) is 0 Å². The van der Waals surface area contributed by atoms with Crippen LogP contribution in [-0.2, 0) is 0 Å². The minimum atomic E-state index is -7.82. The average molecular weight is 488 g/mol. The standard InChI is InChI=1S/C18H25F13/c1-2-3-4-5-6-7-8-9-10-11-12-13(19,20)14(21,22)15(23,24)16(25,26)17(27,28)18(29,30)31/h2-12H2,1H3. The van der Waals surface area contributed by atoms with Gasteiger partial charge < -0.3 is 0 Å². The number of unbranched alkanes of at least 4 members (excludes halogenated alkanes) is 9. The average Bonchev–Trinajstić information content (AvgIpc) is 2.61. The first-order valence-corrected chi connectivity index (χ1v) is 9.77. The molecule has 0 heterocycles. The summed E-state index contributed by atoms with van der Waals surface area (Å²) in [6, 6.07) is 0. The molecule has 0 aliphatic heterocycles. The highest BCUT2D eigenvalue weighted by Crippen LogP contribution is 2.60. The SMILES string of the molecule is CCCCCCCCCCCCC(F)(F)C(F)(F)C(F)(F)C(F)(F)C(F)(F)C(F)(F)F. The Hall–Kier alpha value is -0.910. The predicted molar refractivity (Wildman–Crippen MR) is 87.3 cm³/mol. The van der Waals surface area contributed by atoms with Crippen LogP contribution >= 0.6 is 0 Å². The third-order valence-corrected chi connectivity index (χ3v) is 4.84. The second kappa shape index (κ2) is 10.8. The number of hydrogen-bond donors (Lipinski definition) is 0. The van der Waals surface area contributed by atoms with Crippen LogP contribution in [0.2, 0.25) is 0 Å². The summed E-state index contributed by atoms with van der Waals surface area (Å²) in [5.74, 6) is -36.3. The number of hydrogen-bond acceptors (Lipinski definition) is 0. The fraction of sp³-hybridized carbons (Fsp3) is 1.00. The van der Waals surface area contributed by atoms with Gasteiger partial charge in [-0.25, -0.2) is 0 Å². The van der Waals surface area contributed by atoms with E-state index in [4.69, 9.17) is 0 Å². The van der Waals surface area contributed by atoms with Crippen molar-refractivity contribution in [2.24, 2.45) is 0 Å². The Labute approximate surface area is 171 Å². The zero-order valence-corrected chi connectivity index (χ0v) is 16.7. The van der Waals surface area contributed by atoms with E-state index >= 15 is 0 Å². The Kier molecular flexibility index (Phi) is 10.5. The summed E-state index contributed by atoms with van der Waals surface area (Å²) in [5, 5.41) is 0. The lowest BCUT2D eigenvalue weighted by molar-refractivity contribution is -0.440. The minimum Gasteiger partial charge on any atom is -0.200 e. The molecule has 0 spiro atoms. The predicted octanol–water partition coefficient (Wildman–Crippen LogP) is 9.04. The van der Waals surface area contributed by atoms with E-state index in [2.05, 4.69) is 0 Å². The van der Waals surface area contributed by atoms with E-state index < -0.39 is 48.6 Å². The second-order valence-corrected chi connectivity index (χ2v) is 7.43. The molecular weight excluding hydrogens is 463 g/mol. The lowest BCUT2D eigenvalue weighted by Gasteiger charge is -2.39. The summed E-state index contributed by atoms with van der Waals surface area (Å²) in [6.45, 7) is 2.01. The fourth-order valence-electron chi connectivity index (χ4n) is 2.79. The molecule has 188 valence electrons. The summed E-state index contributed by atoms with van der Waals surface area (Å²) in [7, 11) is 0. The van der Waals surface area contributed by atoms with Crippen molar-refractivity contribution in [3.05, 3.63) is 0 Å². The summed E-state index contributed by atoms with van der Waals surface area (Å²) >= 11 is 0. The second-order valence-electron chi connectivity index (χ2n) is 7.43. The fourth-order valence-corrected chi connectivity index (χ4v) is 2.79. The van der Waals surface area contributed by atoms with Gasteiger partial charge in [0.1, 0.15) is 0 Å². The Morgan fingerprint density at radius 2 is 0.710 bits per heavy atom. The van der Waals surface area contributed by atoms with Gasteiger partial charge in [-0.3, -0.25) is 0 Å². The molecule has 0 rings (SSSR count). The highest BCUT2D eigenvalue weighted by atomic mass is 19.4. The Balaban J connectivity index is 4.95. The smallest absolute Gasteiger partial charge is 0.200 e. The molecule has 0 radical (unpaired) electrons. The number of halogens is 13. The van der Waals surface area contributed by atoms with Gasteiger partial charge in [0.15, 0.2) is 0 Å². The molecule has 0 aliphatic carbocycles. The van der Waals surface area contributed by atoms with Crippen molar-refractivity contribution >= 4 is 0 Å². The van der Waals surface area contributed by atoms with Crippen LogP contribution in [0.1, 0.15) is 77.6 Å². The van der Waals surface area contributed by atoms with Gasteiger partial charge in [0, 0.05) is 6.42 Å². The van der Waals surface area contributed by atoms with Gasteiger partial charge in [0.05, 0.1) is 0 Å². The van der Waals surface area contributed by atoms with E-state index in [9.17, 15) is 57.1 Å². The lowest BCUT2D eigenvalue weighted by atomic mass is 9.91. The van der Waals surface area contributed by atoms with Crippen LogP contribution in [0.25, 0.3) is 0 Å². The highest BCUT2D eigenvalue weighted by Gasteiger charge is 2.90. The largest absolute Gasteiger partial charge is 0.460 e. The van der Waals surface area contributed by atoms with Crippen molar-refractivity contribution in [1.82, 2.24) is 0 Å². The first-order valence-electron chi connectivity index (χ1n) is 9.77. The maximum atomic E-state index is 13.6. The first kappa shape index (κ1) is 30.1. The molecule has 0 bridgehead atoms. The van der Waals surface area contributed by atoms with E-state index in [1.54, 1.807) is 0 Å². The molecule has 0 aromatic carbocycles. The minimum absolute atomic E-state index is 0.165. The van der Waals surface area contributed by atoms with E-state index in [1.165, 1.54) is 0 Å². The first-order chi connectivity index (χ1) is 13.8. The molecule has 0 atom stereocenters. The van der Waals surface area contributed by atoms with Crippen LogP contribution in [0.5, 0.6) is 0 Å². The molecule has 0 aromatic rings. The van der Waals surface area contributed by atoms with E-state index in [-0.39, 0.29) is 12.8 Å². The monoisotopic (exact) mass is 488 g/mol. The summed E-state index contributed by atoms with van der Waals surface area (Å²) in [6.07, 6.45) is -4.16. The van der Waals surface area contributed by atoms with E-state index in [0.717, 1.165) is 32.1 Å². The van der Waals surface area contributed by atoms with E-state index in [1.807, 2.05) is 6.92 Å². The van der Waals surface area contributed by atoms with Crippen molar-refractivity contribution in [3.8, 4) is 0 Å². The van der Waals surface area contributed by atoms with E-state index in [0.29, 0.717) is 12.8 Å². The Bertz CT molecular complexity index is 523. The van der Waals surface area contributed by atoms with Gasteiger partial charge >= 0.3 is 35.8 Å². The summed E-state index contributed by atoms with van der Waals surface area (Å²) < 4.78 is 168. The molecule has 0 nitrogen and oxygen atoms in total. The molecule has 0 saturated heterocycles. The van der Waals surface area contributed by atoms with Crippen LogP contribution in [0.3, 0.4) is 0 Å². The highest BCUT2D eigenvalue weighted by molar-refractivity contribution is 5.10. The van der Waals surface area contributed by atoms with Crippen molar-refractivity contribution in [1.29, 1.82) is 0 Å². The molecule has 0 aromatic heterocycles.